The molecule has 0 bridgehead atoms. The van der Waals surface area contributed by atoms with Gasteiger partial charge < -0.3 is 0 Å². The molecule has 4 nitrogen and oxygen atoms in total. The Morgan fingerprint density at radius 1 is 1.19 bits per heavy atom. The Kier molecular flexibility index (Phi) is 4.88. The molecular formula is C13H8BrFN2O2S2. The molecule has 0 aliphatic rings. The molecule has 8 heteroatoms. The summed E-state index contributed by atoms with van der Waals surface area (Å²) >= 11 is 4.22. The molecule has 0 heterocycles. The Hall–Kier alpha value is -1.56. The SMILES string of the molecule is N#CSc1ccc(NS(=O)(=O)c2ccc(F)cc2)c(Br)c1. The first kappa shape index (κ1) is 15.8. The van der Waals surface area contributed by atoms with Gasteiger partial charge in [-0.1, -0.05) is 0 Å². The van der Waals surface area contributed by atoms with E-state index in [9.17, 15) is 12.8 Å². The average molecular weight is 387 g/mol. The van der Waals surface area contributed by atoms with Gasteiger partial charge in [-0.15, -0.1) is 0 Å². The molecule has 0 aliphatic carbocycles. The number of halogens is 2. The van der Waals surface area contributed by atoms with Crippen molar-refractivity contribution in [1.29, 1.82) is 5.26 Å². The van der Waals surface area contributed by atoms with E-state index in [0.717, 1.165) is 23.9 Å². The molecule has 2 aromatic carbocycles. The number of thioether (sulfide) groups is 1. The van der Waals surface area contributed by atoms with E-state index in [-0.39, 0.29) is 4.90 Å². The van der Waals surface area contributed by atoms with Gasteiger partial charge >= 0.3 is 0 Å². The molecule has 0 aliphatic heterocycles. The van der Waals surface area contributed by atoms with E-state index in [0.29, 0.717) is 15.1 Å². The van der Waals surface area contributed by atoms with E-state index in [2.05, 4.69) is 20.7 Å². The van der Waals surface area contributed by atoms with Crippen LogP contribution in [0.15, 0.2) is 56.7 Å². The Morgan fingerprint density at radius 2 is 1.86 bits per heavy atom. The van der Waals surface area contributed by atoms with E-state index < -0.39 is 15.8 Å². The first-order valence-corrected chi connectivity index (χ1v) is 8.65. The van der Waals surface area contributed by atoms with Crippen molar-refractivity contribution in [2.24, 2.45) is 0 Å². The molecule has 1 N–H and O–H groups in total. The molecule has 21 heavy (non-hydrogen) atoms. The molecule has 0 spiro atoms. The van der Waals surface area contributed by atoms with Crippen molar-refractivity contribution in [3.63, 3.8) is 0 Å². The molecule has 0 atom stereocenters. The predicted octanol–water partition coefficient (Wildman–Crippen LogP) is 3.96. The van der Waals surface area contributed by atoms with Crippen molar-refractivity contribution in [3.8, 4) is 5.40 Å². The van der Waals surface area contributed by atoms with Gasteiger partial charge in [-0.05, 0) is 70.2 Å². The van der Waals surface area contributed by atoms with E-state index in [1.807, 2.05) is 5.40 Å². The third-order valence-electron chi connectivity index (χ3n) is 2.47. The summed E-state index contributed by atoms with van der Waals surface area (Å²) in [4.78, 5) is 0.653. The predicted molar refractivity (Wildman–Crippen MR) is 82.8 cm³/mol. The summed E-state index contributed by atoms with van der Waals surface area (Å²) in [5.74, 6) is -0.506. The van der Waals surface area contributed by atoms with Crippen LogP contribution in [0.25, 0.3) is 0 Å². The fraction of sp³-hybridized carbons (Fsp3) is 0. The van der Waals surface area contributed by atoms with Gasteiger partial charge in [0.05, 0.1) is 10.6 Å². The van der Waals surface area contributed by atoms with Crippen LogP contribution >= 0.6 is 27.7 Å². The van der Waals surface area contributed by atoms with E-state index in [4.69, 9.17) is 5.26 Å². The lowest BCUT2D eigenvalue weighted by Gasteiger charge is -2.10. The second-order valence-corrected chi connectivity index (χ2v) is 7.29. The Bertz CT molecular complexity index is 802. The maximum absolute atomic E-state index is 12.8. The van der Waals surface area contributed by atoms with Crippen molar-refractivity contribution in [3.05, 3.63) is 52.8 Å². The van der Waals surface area contributed by atoms with Crippen LogP contribution in [-0.4, -0.2) is 8.42 Å². The number of benzene rings is 2. The van der Waals surface area contributed by atoms with Crippen LogP contribution in [0.2, 0.25) is 0 Å². The normalized spacial score (nSPS) is 10.9. The van der Waals surface area contributed by atoms with E-state index >= 15 is 0 Å². The summed E-state index contributed by atoms with van der Waals surface area (Å²) in [6.07, 6.45) is 0. The average Bonchev–Trinajstić information content (AvgIpc) is 2.42. The summed E-state index contributed by atoms with van der Waals surface area (Å²) in [7, 11) is -3.80. The number of nitriles is 1. The molecule has 0 unspecified atom stereocenters. The Morgan fingerprint density at radius 3 is 2.43 bits per heavy atom. The zero-order valence-electron chi connectivity index (χ0n) is 10.4. The molecule has 2 aromatic rings. The van der Waals surface area contributed by atoms with Gasteiger partial charge in [0.15, 0.2) is 0 Å². The van der Waals surface area contributed by atoms with Crippen LogP contribution in [-0.2, 0) is 10.0 Å². The maximum Gasteiger partial charge on any atom is 0.261 e. The van der Waals surface area contributed by atoms with Gasteiger partial charge in [-0.25, -0.2) is 12.8 Å². The summed E-state index contributed by atoms with van der Waals surface area (Å²) < 4.78 is 40.1. The first-order valence-electron chi connectivity index (χ1n) is 5.56. The fourth-order valence-electron chi connectivity index (χ4n) is 1.51. The van der Waals surface area contributed by atoms with Crippen molar-refractivity contribution in [1.82, 2.24) is 0 Å². The first-order chi connectivity index (χ1) is 9.92. The Balaban J connectivity index is 2.29. The number of sulfonamides is 1. The second kappa shape index (κ2) is 6.47. The molecule has 0 radical (unpaired) electrons. The minimum absolute atomic E-state index is 0.0359. The van der Waals surface area contributed by atoms with Crippen molar-refractivity contribution in [2.75, 3.05) is 4.72 Å². The Labute approximate surface area is 134 Å². The fourth-order valence-corrected chi connectivity index (χ4v) is 3.77. The summed E-state index contributed by atoms with van der Waals surface area (Å²) in [5.41, 5.74) is 0.335. The van der Waals surface area contributed by atoms with Crippen LogP contribution in [0, 0.1) is 16.5 Å². The van der Waals surface area contributed by atoms with Crippen molar-refractivity contribution in [2.45, 2.75) is 9.79 Å². The van der Waals surface area contributed by atoms with E-state index in [1.54, 1.807) is 18.2 Å². The lowest BCUT2D eigenvalue weighted by molar-refractivity contribution is 0.599. The maximum atomic E-state index is 12.8. The highest BCUT2D eigenvalue weighted by atomic mass is 79.9. The minimum atomic E-state index is -3.80. The summed E-state index contributed by atoms with van der Waals surface area (Å²) in [5, 5.41) is 10.5. The van der Waals surface area contributed by atoms with Gasteiger partial charge in [0.25, 0.3) is 10.0 Å². The van der Waals surface area contributed by atoms with E-state index in [1.165, 1.54) is 12.1 Å². The highest BCUT2D eigenvalue weighted by molar-refractivity contribution is 9.10. The van der Waals surface area contributed by atoms with Crippen LogP contribution < -0.4 is 4.72 Å². The smallest absolute Gasteiger partial charge is 0.261 e. The minimum Gasteiger partial charge on any atom is -0.278 e. The van der Waals surface area contributed by atoms with Crippen molar-refractivity contribution >= 4 is 43.4 Å². The van der Waals surface area contributed by atoms with Gasteiger partial charge in [0.1, 0.15) is 11.2 Å². The van der Waals surface area contributed by atoms with Gasteiger partial charge in [0, 0.05) is 9.37 Å². The van der Waals surface area contributed by atoms with Crippen molar-refractivity contribution < 1.29 is 12.8 Å². The molecule has 0 saturated carbocycles. The molecule has 108 valence electrons. The lowest BCUT2D eigenvalue weighted by Crippen LogP contribution is -2.13. The van der Waals surface area contributed by atoms with Crippen LogP contribution in [0.3, 0.4) is 0 Å². The number of rotatable bonds is 4. The molecule has 2 rings (SSSR count). The molecule has 0 fully saturated rings. The summed E-state index contributed by atoms with van der Waals surface area (Å²) in [6, 6.07) is 9.34. The van der Waals surface area contributed by atoms with Crippen LogP contribution in [0.5, 0.6) is 0 Å². The monoisotopic (exact) mass is 386 g/mol. The number of nitrogens with zero attached hydrogens (tertiary/aromatic N) is 1. The number of anilines is 1. The number of thiocyanates is 1. The molecule has 0 aromatic heterocycles. The highest BCUT2D eigenvalue weighted by Crippen LogP contribution is 2.29. The number of hydrogen-bond acceptors (Lipinski definition) is 4. The van der Waals surface area contributed by atoms with Crippen LogP contribution in [0.1, 0.15) is 0 Å². The number of hydrogen-bond donors (Lipinski definition) is 1. The van der Waals surface area contributed by atoms with Gasteiger partial charge in [-0.3, -0.25) is 4.72 Å². The molecular weight excluding hydrogens is 379 g/mol. The topological polar surface area (TPSA) is 70.0 Å². The third-order valence-corrected chi connectivity index (χ3v) is 5.09. The van der Waals surface area contributed by atoms with Gasteiger partial charge in [0.2, 0.25) is 0 Å². The quantitative estimate of drug-likeness (QED) is 0.637. The second-order valence-electron chi connectivity index (χ2n) is 3.89. The zero-order valence-corrected chi connectivity index (χ0v) is 13.6. The largest absolute Gasteiger partial charge is 0.278 e. The molecule has 0 amide bonds. The van der Waals surface area contributed by atoms with Crippen LogP contribution in [0.4, 0.5) is 10.1 Å². The zero-order chi connectivity index (χ0) is 15.5. The van der Waals surface area contributed by atoms with Gasteiger partial charge in [-0.2, -0.15) is 5.26 Å². The summed E-state index contributed by atoms with van der Waals surface area (Å²) in [6.45, 7) is 0. The molecule has 0 saturated heterocycles. The standard InChI is InChI=1S/C13H8BrFN2O2S2/c14-12-7-10(20-8-16)3-6-13(12)17-21(18,19)11-4-1-9(15)2-5-11/h1-7,17H. The third kappa shape index (κ3) is 3.97. The highest BCUT2D eigenvalue weighted by Gasteiger charge is 2.15. The number of nitrogens with one attached hydrogen (secondary N) is 1. The lowest BCUT2D eigenvalue weighted by atomic mass is 10.3.